The fourth-order valence-corrected chi connectivity index (χ4v) is 1.64. The second-order valence-electron chi connectivity index (χ2n) is 3.15. The molecule has 0 spiro atoms. The van der Waals surface area contributed by atoms with E-state index in [0.29, 0.717) is 13.0 Å². The second-order valence-corrected chi connectivity index (χ2v) is 4.06. The van der Waals surface area contributed by atoms with Crippen LogP contribution in [0, 0.1) is 0 Å². The van der Waals surface area contributed by atoms with Crippen molar-refractivity contribution in [3.05, 3.63) is 22.7 Å². The van der Waals surface area contributed by atoms with E-state index >= 15 is 0 Å². The van der Waals surface area contributed by atoms with E-state index in [1.807, 2.05) is 18.2 Å². The van der Waals surface area contributed by atoms with Gasteiger partial charge in [-0.05, 0) is 12.1 Å². The predicted octanol–water partition coefficient (Wildman–Crippen LogP) is 2.01. The maximum atomic E-state index is 8.37. The first-order chi connectivity index (χ1) is 7.65. The number of oxime groups is 1. The van der Waals surface area contributed by atoms with E-state index in [-0.39, 0.29) is 5.84 Å². The Bertz CT molecular complexity index is 382. The molecule has 1 aromatic carbocycles. The minimum atomic E-state index is 0.203. The molecule has 0 aromatic heterocycles. The third-order valence-electron chi connectivity index (χ3n) is 1.95. The highest BCUT2D eigenvalue weighted by Crippen LogP contribution is 2.24. The van der Waals surface area contributed by atoms with Gasteiger partial charge in [0, 0.05) is 29.2 Å². The number of nitrogens with one attached hydrogen (secondary N) is 1. The Morgan fingerprint density at radius 2 is 2.31 bits per heavy atom. The first kappa shape index (κ1) is 12.6. The summed E-state index contributed by atoms with van der Waals surface area (Å²) < 4.78 is 6.05. The Morgan fingerprint density at radius 1 is 1.56 bits per heavy atom. The molecule has 0 radical (unpaired) electrons. The zero-order valence-corrected chi connectivity index (χ0v) is 10.5. The van der Waals surface area contributed by atoms with Crippen molar-refractivity contribution in [2.75, 3.05) is 19.0 Å². The first-order valence-corrected chi connectivity index (χ1v) is 5.50. The van der Waals surface area contributed by atoms with E-state index in [9.17, 15) is 0 Å². The fourth-order valence-electron chi connectivity index (χ4n) is 1.17. The largest absolute Gasteiger partial charge is 0.497 e. The number of hydrogen-bond donors (Lipinski definition) is 3. The lowest BCUT2D eigenvalue weighted by atomic mass is 10.3. The average Bonchev–Trinajstić information content (AvgIpc) is 2.28. The SMILES string of the molecule is COc1cc(Br)cc(NCC/C(N)=N/O)c1. The highest BCUT2D eigenvalue weighted by atomic mass is 79.9. The van der Waals surface area contributed by atoms with Crippen LogP contribution in [0.3, 0.4) is 0 Å². The standard InChI is InChI=1S/C10H14BrN3O2/c1-16-9-5-7(11)4-8(6-9)13-3-2-10(12)14-15/h4-6,13,15H,2-3H2,1H3,(H2,12,14). The molecule has 0 heterocycles. The molecule has 1 rings (SSSR count). The summed E-state index contributed by atoms with van der Waals surface area (Å²) in [7, 11) is 1.61. The highest BCUT2D eigenvalue weighted by Gasteiger charge is 1.99. The number of nitrogens with zero attached hydrogens (tertiary/aromatic N) is 1. The van der Waals surface area contributed by atoms with Crippen molar-refractivity contribution in [2.24, 2.45) is 10.9 Å². The molecule has 6 heteroatoms. The second kappa shape index (κ2) is 6.22. The van der Waals surface area contributed by atoms with Gasteiger partial charge in [-0.25, -0.2) is 0 Å². The fraction of sp³-hybridized carbons (Fsp3) is 0.300. The molecule has 5 nitrogen and oxygen atoms in total. The molecule has 0 unspecified atom stereocenters. The molecular weight excluding hydrogens is 274 g/mol. The van der Waals surface area contributed by atoms with Crippen molar-refractivity contribution in [3.8, 4) is 5.75 Å². The average molecular weight is 288 g/mol. The van der Waals surface area contributed by atoms with Crippen LogP contribution in [0.4, 0.5) is 5.69 Å². The van der Waals surface area contributed by atoms with Gasteiger partial charge in [0.05, 0.1) is 7.11 Å². The summed E-state index contributed by atoms with van der Waals surface area (Å²) in [6, 6.07) is 5.67. The molecule has 0 aliphatic carbocycles. The van der Waals surface area contributed by atoms with Gasteiger partial charge in [-0.3, -0.25) is 0 Å². The monoisotopic (exact) mass is 287 g/mol. The molecule has 16 heavy (non-hydrogen) atoms. The number of ether oxygens (including phenoxy) is 1. The normalized spacial score (nSPS) is 11.2. The minimum absolute atomic E-state index is 0.203. The number of halogens is 1. The van der Waals surface area contributed by atoms with Crippen LogP contribution in [-0.2, 0) is 0 Å². The van der Waals surface area contributed by atoms with Gasteiger partial charge in [-0.1, -0.05) is 21.1 Å². The van der Waals surface area contributed by atoms with Crippen LogP contribution >= 0.6 is 15.9 Å². The Hall–Kier alpha value is -1.43. The molecule has 0 aliphatic rings. The van der Waals surface area contributed by atoms with Crippen molar-refractivity contribution >= 4 is 27.5 Å². The van der Waals surface area contributed by atoms with Gasteiger partial charge in [0.1, 0.15) is 11.6 Å². The topological polar surface area (TPSA) is 79.9 Å². The molecule has 0 fully saturated rings. The van der Waals surface area contributed by atoms with Crippen molar-refractivity contribution in [2.45, 2.75) is 6.42 Å². The van der Waals surface area contributed by atoms with Crippen LogP contribution in [-0.4, -0.2) is 24.7 Å². The Balaban J connectivity index is 2.56. The summed E-state index contributed by atoms with van der Waals surface area (Å²) in [5, 5.41) is 14.4. The number of rotatable bonds is 5. The van der Waals surface area contributed by atoms with Gasteiger partial charge in [-0.15, -0.1) is 0 Å². The number of amidine groups is 1. The predicted molar refractivity (Wildman–Crippen MR) is 67.2 cm³/mol. The number of methoxy groups -OCH3 is 1. The van der Waals surface area contributed by atoms with Crippen molar-refractivity contribution < 1.29 is 9.94 Å². The molecule has 0 aliphatic heterocycles. The lowest BCUT2D eigenvalue weighted by Crippen LogP contribution is -2.16. The summed E-state index contributed by atoms with van der Waals surface area (Å²) in [4.78, 5) is 0. The van der Waals surface area contributed by atoms with E-state index in [4.69, 9.17) is 15.7 Å². The van der Waals surface area contributed by atoms with Crippen LogP contribution in [0.15, 0.2) is 27.8 Å². The Morgan fingerprint density at radius 3 is 2.94 bits per heavy atom. The Labute approximate surface area is 102 Å². The van der Waals surface area contributed by atoms with E-state index in [1.165, 1.54) is 0 Å². The lowest BCUT2D eigenvalue weighted by molar-refractivity contribution is 0.317. The van der Waals surface area contributed by atoms with Crippen molar-refractivity contribution in [1.82, 2.24) is 0 Å². The van der Waals surface area contributed by atoms with Gasteiger partial charge in [0.15, 0.2) is 0 Å². The molecule has 4 N–H and O–H groups in total. The third kappa shape index (κ3) is 3.98. The maximum Gasteiger partial charge on any atom is 0.140 e. The maximum absolute atomic E-state index is 8.37. The molecular formula is C10H14BrN3O2. The molecule has 0 saturated carbocycles. The summed E-state index contributed by atoms with van der Waals surface area (Å²) >= 11 is 3.38. The summed E-state index contributed by atoms with van der Waals surface area (Å²) in [5.74, 6) is 0.968. The zero-order valence-electron chi connectivity index (χ0n) is 8.90. The van der Waals surface area contributed by atoms with E-state index < -0.39 is 0 Å². The van der Waals surface area contributed by atoms with Crippen LogP contribution < -0.4 is 15.8 Å². The molecule has 88 valence electrons. The zero-order chi connectivity index (χ0) is 12.0. The number of nitrogens with two attached hydrogens (primary N) is 1. The van der Waals surface area contributed by atoms with E-state index in [0.717, 1.165) is 15.9 Å². The van der Waals surface area contributed by atoms with Crippen LogP contribution in [0.25, 0.3) is 0 Å². The van der Waals surface area contributed by atoms with Crippen LogP contribution in [0.2, 0.25) is 0 Å². The van der Waals surface area contributed by atoms with E-state index in [1.54, 1.807) is 7.11 Å². The summed E-state index contributed by atoms with van der Waals surface area (Å²) in [5.41, 5.74) is 6.26. The quantitative estimate of drug-likeness (QED) is 0.335. The molecule has 0 saturated heterocycles. The summed E-state index contributed by atoms with van der Waals surface area (Å²) in [6.07, 6.45) is 0.478. The number of benzene rings is 1. The minimum Gasteiger partial charge on any atom is -0.497 e. The smallest absolute Gasteiger partial charge is 0.140 e. The van der Waals surface area contributed by atoms with Crippen molar-refractivity contribution in [1.29, 1.82) is 0 Å². The number of anilines is 1. The summed E-state index contributed by atoms with van der Waals surface area (Å²) in [6.45, 7) is 0.593. The van der Waals surface area contributed by atoms with Gasteiger partial charge in [-0.2, -0.15) is 0 Å². The molecule has 0 atom stereocenters. The van der Waals surface area contributed by atoms with Gasteiger partial charge in [0.2, 0.25) is 0 Å². The molecule has 0 bridgehead atoms. The molecule has 1 aromatic rings. The Kier molecular flexibility index (Phi) is 4.91. The van der Waals surface area contributed by atoms with Crippen LogP contribution in [0.5, 0.6) is 5.75 Å². The van der Waals surface area contributed by atoms with Gasteiger partial charge >= 0.3 is 0 Å². The lowest BCUT2D eigenvalue weighted by Gasteiger charge is -2.08. The third-order valence-corrected chi connectivity index (χ3v) is 2.40. The first-order valence-electron chi connectivity index (χ1n) is 4.70. The van der Waals surface area contributed by atoms with E-state index in [2.05, 4.69) is 26.4 Å². The van der Waals surface area contributed by atoms with Crippen molar-refractivity contribution in [3.63, 3.8) is 0 Å². The van der Waals surface area contributed by atoms with Crippen LogP contribution in [0.1, 0.15) is 6.42 Å². The van der Waals surface area contributed by atoms with Gasteiger partial charge in [0.25, 0.3) is 0 Å². The highest BCUT2D eigenvalue weighted by molar-refractivity contribution is 9.10. The number of hydrogen-bond acceptors (Lipinski definition) is 4. The molecule has 0 amide bonds. The van der Waals surface area contributed by atoms with Gasteiger partial charge < -0.3 is 21.0 Å².